The van der Waals surface area contributed by atoms with Crippen LogP contribution in [-0.2, 0) is 19.9 Å². The Morgan fingerprint density at radius 3 is 2.19 bits per heavy atom. The molecule has 152 valence electrons. The molecule has 0 fully saturated rings. The first kappa shape index (κ1) is 18.6. The summed E-state index contributed by atoms with van der Waals surface area (Å²) in [5.41, 5.74) is 19.8. The molecule has 3 aromatic carbocycles. The van der Waals surface area contributed by atoms with E-state index >= 15 is 0 Å². The maximum Gasteiger partial charge on any atom is 0.216 e. The van der Waals surface area contributed by atoms with Crippen molar-refractivity contribution in [1.29, 1.82) is 0 Å². The first-order chi connectivity index (χ1) is 14.9. The highest BCUT2D eigenvalue weighted by Crippen LogP contribution is 2.46. The summed E-state index contributed by atoms with van der Waals surface area (Å²) < 4.78 is 2.32. The molecule has 1 nitrogen and oxygen atoms in total. The van der Waals surface area contributed by atoms with Gasteiger partial charge in [0.2, 0.25) is 5.69 Å². The molecule has 1 heterocycles. The third-order valence-corrected chi connectivity index (χ3v) is 7.41. The number of pyridine rings is 1. The van der Waals surface area contributed by atoms with E-state index in [0.29, 0.717) is 0 Å². The minimum atomic E-state index is 1.02. The number of aryl methyl sites for hydroxylation is 4. The highest BCUT2D eigenvalue weighted by Gasteiger charge is 2.31. The van der Waals surface area contributed by atoms with Gasteiger partial charge in [0.05, 0.1) is 0 Å². The zero-order valence-electron chi connectivity index (χ0n) is 19.1. The van der Waals surface area contributed by atoms with Crippen LogP contribution in [0.1, 0.15) is 44.5 Å². The number of benzene rings is 3. The van der Waals surface area contributed by atoms with Gasteiger partial charge in [-0.3, -0.25) is 0 Å². The second-order valence-electron chi connectivity index (χ2n) is 9.60. The van der Waals surface area contributed by atoms with Crippen LogP contribution in [0.5, 0.6) is 0 Å². The van der Waals surface area contributed by atoms with Crippen molar-refractivity contribution in [3.63, 3.8) is 0 Å². The molecule has 1 heteroatoms. The van der Waals surface area contributed by atoms with Gasteiger partial charge in [-0.25, -0.2) is 4.57 Å². The van der Waals surface area contributed by atoms with E-state index in [9.17, 15) is 0 Å². The number of hydrogen-bond acceptors (Lipinski definition) is 0. The molecule has 0 spiro atoms. The summed E-state index contributed by atoms with van der Waals surface area (Å²) >= 11 is 0. The van der Waals surface area contributed by atoms with E-state index in [2.05, 4.69) is 94.0 Å². The molecule has 0 atom stereocenters. The zero-order valence-corrected chi connectivity index (χ0v) is 19.1. The predicted octanol–water partition coefficient (Wildman–Crippen LogP) is 6.55. The fraction of sp³-hybridized carbons (Fsp3) is 0.233. The molecular weight excluding hydrogens is 374 g/mol. The van der Waals surface area contributed by atoms with Crippen LogP contribution >= 0.6 is 0 Å². The predicted molar refractivity (Wildman–Crippen MR) is 128 cm³/mol. The van der Waals surface area contributed by atoms with Crippen LogP contribution in [0.4, 0.5) is 0 Å². The Hall–Kier alpha value is -3.19. The van der Waals surface area contributed by atoms with Crippen LogP contribution in [0.2, 0.25) is 0 Å². The summed E-state index contributed by atoms with van der Waals surface area (Å²) in [5.74, 6) is 0. The van der Waals surface area contributed by atoms with Crippen LogP contribution in [-0.4, -0.2) is 0 Å². The van der Waals surface area contributed by atoms with Crippen molar-refractivity contribution in [3.05, 3.63) is 99.2 Å². The molecule has 2 aliphatic carbocycles. The van der Waals surface area contributed by atoms with Crippen molar-refractivity contribution in [2.45, 2.75) is 40.5 Å². The monoisotopic (exact) mass is 402 g/mol. The molecule has 2 aliphatic rings. The molecule has 0 aliphatic heterocycles. The Labute approximate surface area is 185 Å². The average molecular weight is 403 g/mol. The van der Waals surface area contributed by atoms with Gasteiger partial charge < -0.3 is 0 Å². The summed E-state index contributed by atoms with van der Waals surface area (Å²) in [6, 6.07) is 18.8. The second-order valence-corrected chi connectivity index (χ2v) is 9.60. The number of fused-ring (bicyclic) bond motifs is 6. The van der Waals surface area contributed by atoms with Crippen LogP contribution in [0.15, 0.2) is 54.7 Å². The molecule has 0 bridgehead atoms. The maximum absolute atomic E-state index is 2.48. The van der Waals surface area contributed by atoms with Crippen LogP contribution in [0, 0.1) is 27.7 Å². The van der Waals surface area contributed by atoms with Crippen LogP contribution < -0.4 is 4.57 Å². The molecule has 0 radical (unpaired) electrons. The number of nitrogens with zero attached hydrogens (tertiary/aromatic N) is 1. The highest BCUT2D eigenvalue weighted by molar-refractivity contribution is 5.88. The number of aromatic nitrogens is 1. The van der Waals surface area contributed by atoms with Crippen molar-refractivity contribution in [1.82, 2.24) is 0 Å². The fourth-order valence-corrected chi connectivity index (χ4v) is 5.79. The van der Waals surface area contributed by atoms with Gasteiger partial charge in [0.1, 0.15) is 7.05 Å². The molecule has 0 N–H and O–H groups in total. The minimum Gasteiger partial charge on any atom is -0.201 e. The van der Waals surface area contributed by atoms with E-state index in [1.165, 1.54) is 78.0 Å². The van der Waals surface area contributed by atoms with E-state index in [0.717, 1.165) is 12.8 Å². The summed E-state index contributed by atoms with van der Waals surface area (Å²) in [7, 11) is 2.19. The third-order valence-electron chi connectivity index (χ3n) is 7.41. The van der Waals surface area contributed by atoms with E-state index in [1.807, 2.05) is 0 Å². The van der Waals surface area contributed by atoms with Gasteiger partial charge in [-0.1, -0.05) is 41.5 Å². The fourth-order valence-electron chi connectivity index (χ4n) is 5.79. The van der Waals surface area contributed by atoms with E-state index in [1.54, 1.807) is 0 Å². The molecule has 0 amide bonds. The van der Waals surface area contributed by atoms with Gasteiger partial charge in [0, 0.05) is 23.6 Å². The van der Waals surface area contributed by atoms with Crippen molar-refractivity contribution in [2.75, 3.05) is 0 Å². The lowest BCUT2D eigenvalue weighted by molar-refractivity contribution is -0.660. The van der Waals surface area contributed by atoms with E-state index in [4.69, 9.17) is 0 Å². The molecule has 31 heavy (non-hydrogen) atoms. The Balaban J connectivity index is 1.56. The summed E-state index contributed by atoms with van der Waals surface area (Å²) in [6.07, 6.45) is 4.32. The summed E-state index contributed by atoms with van der Waals surface area (Å²) in [5, 5.41) is 0. The van der Waals surface area contributed by atoms with Crippen molar-refractivity contribution >= 4 is 0 Å². The van der Waals surface area contributed by atoms with E-state index < -0.39 is 0 Å². The zero-order chi connectivity index (χ0) is 21.4. The molecule has 0 unspecified atom stereocenters. The largest absolute Gasteiger partial charge is 0.216 e. The first-order valence-electron chi connectivity index (χ1n) is 11.3. The standard InChI is InChI=1S/C30H28N/c1-17-6-7-24-21(11-17)13-22-14-23-15-29-25(28(23)16-27(22)24)8-9-31(5)30(29)26-12-18(2)10-19(3)20(26)4/h6-12,14,16H,13,15H2,1-5H3/q+1. The Morgan fingerprint density at radius 1 is 0.613 bits per heavy atom. The summed E-state index contributed by atoms with van der Waals surface area (Å²) in [4.78, 5) is 0. The van der Waals surface area contributed by atoms with E-state index in [-0.39, 0.29) is 0 Å². The lowest BCUT2D eigenvalue weighted by atomic mass is 9.93. The third kappa shape index (κ3) is 2.66. The van der Waals surface area contributed by atoms with Gasteiger partial charge in [0.25, 0.3) is 0 Å². The molecule has 4 aromatic rings. The Kier molecular flexibility index (Phi) is 3.84. The number of hydrogen-bond donors (Lipinski definition) is 0. The van der Waals surface area contributed by atoms with Gasteiger partial charge in [0.15, 0.2) is 6.20 Å². The van der Waals surface area contributed by atoms with Gasteiger partial charge >= 0.3 is 0 Å². The van der Waals surface area contributed by atoms with Crippen molar-refractivity contribution in [3.8, 4) is 33.5 Å². The van der Waals surface area contributed by atoms with Gasteiger partial charge in [-0.2, -0.15) is 0 Å². The Morgan fingerprint density at radius 2 is 1.35 bits per heavy atom. The minimum absolute atomic E-state index is 1.02. The average Bonchev–Trinajstić information content (AvgIpc) is 3.25. The van der Waals surface area contributed by atoms with Crippen molar-refractivity contribution < 1.29 is 4.57 Å². The van der Waals surface area contributed by atoms with Crippen LogP contribution in [0.25, 0.3) is 33.5 Å². The first-order valence-corrected chi connectivity index (χ1v) is 11.3. The quantitative estimate of drug-likeness (QED) is 0.274. The molecule has 0 saturated carbocycles. The van der Waals surface area contributed by atoms with Gasteiger partial charge in [-0.15, -0.1) is 0 Å². The maximum atomic E-state index is 2.48. The molecule has 1 aromatic heterocycles. The summed E-state index contributed by atoms with van der Waals surface area (Å²) in [6.45, 7) is 8.89. The number of rotatable bonds is 1. The lowest BCUT2D eigenvalue weighted by Gasteiger charge is -2.12. The second kappa shape index (κ2) is 6.40. The normalized spacial score (nSPS) is 13.1. The Bertz CT molecular complexity index is 1420. The highest BCUT2D eigenvalue weighted by atomic mass is 14.9. The SMILES string of the molecule is Cc1ccc2c(c1)Cc1cc3c(cc1-2)-c1cc[n+](C)c(-c2cc(C)cc(C)c2C)c1C3. The molecule has 0 saturated heterocycles. The van der Waals surface area contributed by atoms with Crippen LogP contribution in [0.3, 0.4) is 0 Å². The van der Waals surface area contributed by atoms with Gasteiger partial charge in [-0.05, 0) is 96.3 Å². The molecular formula is C30H28N+. The van der Waals surface area contributed by atoms with Crippen molar-refractivity contribution in [2.24, 2.45) is 7.05 Å². The topological polar surface area (TPSA) is 3.88 Å². The lowest BCUT2D eigenvalue weighted by Crippen LogP contribution is -2.32. The molecule has 6 rings (SSSR count). The smallest absolute Gasteiger partial charge is 0.201 e.